The van der Waals surface area contributed by atoms with Gasteiger partial charge in [0, 0.05) is 6.54 Å². The van der Waals surface area contributed by atoms with Crippen LogP contribution in [0.25, 0.3) is 0 Å². The normalized spacial score (nSPS) is 13.2. The van der Waals surface area contributed by atoms with Gasteiger partial charge in [-0.3, -0.25) is 9.67 Å². The number of aromatic amines is 2. The predicted octanol–water partition coefficient (Wildman–Crippen LogP) is 1.28. The topological polar surface area (TPSA) is 53.6 Å². The Hall–Kier alpha value is -0.840. The Kier molecular flexibility index (Phi) is 2.86. The molecule has 1 aromatic heterocycles. The Bertz CT molecular complexity index is 321. The van der Waals surface area contributed by atoms with Gasteiger partial charge in [0.25, 0.3) is 0 Å². The van der Waals surface area contributed by atoms with E-state index < -0.39 is 0 Å². The smallest absolute Gasteiger partial charge is 0.272 e. The molecule has 0 aliphatic carbocycles. The lowest BCUT2D eigenvalue weighted by atomic mass is 10.1. The molecular formula is C7H13N3OS. The van der Waals surface area contributed by atoms with E-state index in [1.165, 1.54) is 0 Å². The van der Waals surface area contributed by atoms with Gasteiger partial charge in [-0.2, -0.15) is 0 Å². The molecule has 2 N–H and O–H groups in total. The van der Waals surface area contributed by atoms with Crippen LogP contribution < -0.4 is 5.69 Å². The molecule has 0 amide bonds. The SMILES string of the molecule is CCC(C)Cn1c(=O)[nH][nH]c1=S. The fourth-order valence-electron chi connectivity index (χ4n) is 0.941. The van der Waals surface area contributed by atoms with E-state index in [1.54, 1.807) is 4.57 Å². The predicted molar refractivity (Wildman–Crippen MR) is 49.7 cm³/mol. The van der Waals surface area contributed by atoms with Crippen molar-refractivity contribution in [1.29, 1.82) is 0 Å². The molecule has 0 spiro atoms. The van der Waals surface area contributed by atoms with Crippen LogP contribution in [0.4, 0.5) is 0 Å². The van der Waals surface area contributed by atoms with Crippen molar-refractivity contribution >= 4 is 12.2 Å². The highest BCUT2D eigenvalue weighted by Gasteiger charge is 2.04. The van der Waals surface area contributed by atoms with Gasteiger partial charge < -0.3 is 0 Å². The van der Waals surface area contributed by atoms with Gasteiger partial charge in [0.2, 0.25) is 0 Å². The third-order valence-corrected chi connectivity index (χ3v) is 2.28. The number of rotatable bonds is 3. The Morgan fingerprint density at radius 3 is 2.67 bits per heavy atom. The van der Waals surface area contributed by atoms with E-state index in [0.29, 0.717) is 17.2 Å². The van der Waals surface area contributed by atoms with Gasteiger partial charge in [-0.05, 0) is 18.1 Å². The van der Waals surface area contributed by atoms with Crippen LogP contribution in [0, 0.1) is 10.7 Å². The zero-order valence-electron chi connectivity index (χ0n) is 7.26. The van der Waals surface area contributed by atoms with Crippen molar-refractivity contribution in [3.63, 3.8) is 0 Å². The van der Waals surface area contributed by atoms with Gasteiger partial charge in [0.05, 0.1) is 0 Å². The quantitative estimate of drug-likeness (QED) is 0.700. The zero-order valence-corrected chi connectivity index (χ0v) is 8.07. The van der Waals surface area contributed by atoms with Crippen molar-refractivity contribution in [1.82, 2.24) is 14.8 Å². The first kappa shape index (κ1) is 9.25. The average molecular weight is 187 g/mol. The molecule has 5 heteroatoms. The maximum atomic E-state index is 11.1. The first-order chi connectivity index (χ1) is 5.65. The second-order valence-electron chi connectivity index (χ2n) is 2.98. The van der Waals surface area contributed by atoms with Crippen molar-refractivity contribution in [3.05, 3.63) is 15.3 Å². The van der Waals surface area contributed by atoms with Crippen molar-refractivity contribution in [2.24, 2.45) is 5.92 Å². The van der Waals surface area contributed by atoms with Crippen molar-refractivity contribution < 1.29 is 0 Å². The fraction of sp³-hybridized carbons (Fsp3) is 0.714. The summed E-state index contributed by atoms with van der Waals surface area (Å²) in [4.78, 5) is 11.1. The summed E-state index contributed by atoms with van der Waals surface area (Å²) in [6.07, 6.45) is 1.05. The zero-order chi connectivity index (χ0) is 9.14. The van der Waals surface area contributed by atoms with Crippen LogP contribution in [0.1, 0.15) is 20.3 Å². The van der Waals surface area contributed by atoms with Crippen LogP contribution in [-0.2, 0) is 6.54 Å². The maximum Gasteiger partial charge on any atom is 0.342 e. The molecule has 1 heterocycles. The summed E-state index contributed by atoms with van der Waals surface area (Å²) in [5.74, 6) is 0.480. The van der Waals surface area contributed by atoms with Gasteiger partial charge in [-0.25, -0.2) is 9.89 Å². The highest BCUT2D eigenvalue weighted by molar-refractivity contribution is 7.71. The molecule has 0 saturated heterocycles. The van der Waals surface area contributed by atoms with Gasteiger partial charge in [0.15, 0.2) is 4.77 Å². The maximum absolute atomic E-state index is 11.1. The van der Waals surface area contributed by atoms with Crippen LogP contribution in [0.3, 0.4) is 0 Å². The Balaban J connectivity index is 2.88. The minimum atomic E-state index is -0.152. The van der Waals surface area contributed by atoms with Gasteiger partial charge >= 0.3 is 5.69 Å². The molecule has 4 nitrogen and oxygen atoms in total. The van der Waals surface area contributed by atoms with E-state index in [2.05, 4.69) is 24.0 Å². The average Bonchev–Trinajstić information content (AvgIpc) is 2.35. The van der Waals surface area contributed by atoms with E-state index in [0.717, 1.165) is 6.42 Å². The molecule has 1 aromatic rings. The molecule has 0 saturated carbocycles. The molecular weight excluding hydrogens is 174 g/mol. The molecule has 1 rings (SSSR count). The van der Waals surface area contributed by atoms with E-state index >= 15 is 0 Å². The lowest BCUT2D eigenvalue weighted by molar-refractivity contribution is 0.457. The second kappa shape index (κ2) is 3.71. The Labute approximate surface area is 75.6 Å². The van der Waals surface area contributed by atoms with Crippen LogP contribution in [0.2, 0.25) is 0 Å². The summed E-state index contributed by atoms with van der Waals surface area (Å²) >= 11 is 4.92. The molecule has 1 unspecified atom stereocenters. The molecule has 0 fully saturated rings. The number of aromatic nitrogens is 3. The van der Waals surface area contributed by atoms with Crippen molar-refractivity contribution in [2.75, 3.05) is 0 Å². The third kappa shape index (κ3) is 1.85. The highest BCUT2D eigenvalue weighted by Crippen LogP contribution is 2.02. The Morgan fingerprint density at radius 2 is 2.25 bits per heavy atom. The van der Waals surface area contributed by atoms with Crippen molar-refractivity contribution in [2.45, 2.75) is 26.8 Å². The fourth-order valence-corrected chi connectivity index (χ4v) is 1.15. The number of hydrogen-bond donors (Lipinski definition) is 2. The van der Waals surface area contributed by atoms with Crippen LogP contribution in [-0.4, -0.2) is 14.8 Å². The van der Waals surface area contributed by atoms with E-state index in [-0.39, 0.29) is 5.69 Å². The molecule has 0 aromatic carbocycles. The van der Waals surface area contributed by atoms with Crippen LogP contribution in [0.5, 0.6) is 0 Å². The minimum Gasteiger partial charge on any atom is -0.272 e. The summed E-state index contributed by atoms with van der Waals surface area (Å²) in [6, 6.07) is 0. The minimum absolute atomic E-state index is 0.152. The number of H-pyrrole nitrogens is 2. The molecule has 1 atom stereocenters. The van der Waals surface area contributed by atoms with Crippen LogP contribution >= 0.6 is 12.2 Å². The monoisotopic (exact) mass is 187 g/mol. The van der Waals surface area contributed by atoms with Crippen LogP contribution in [0.15, 0.2) is 4.79 Å². The third-order valence-electron chi connectivity index (χ3n) is 1.96. The largest absolute Gasteiger partial charge is 0.342 e. The summed E-state index contributed by atoms with van der Waals surface area (Å²) in [6.45, 7) is 4.87. The molecule has 12 heavy (non-hydrogen) atoms. The number of hydrogen-bond acceptors (Lipinski definition) is 2. The number of nitrogens with zero attached hydrogens (tertiary/aromatic N) is 1. The second-order valence-corrected chi connectivity index (χ2v) is 3.37. The number of nitrogens with one attached hydrogen (secondary N) is 2. The van der Waals surface area contributed by atoms with Gasteiger partial charge in [-0.15, -0.1) is 0 Å². The van der Waals surface area contributed by atoms with Gasteiger partial charge in [-0.1, -0.05) is 20.3 Å². The first-order valence-electron chi connectivity index (χ1n) is 4.02. The summed E-state index contributed by atoms with van der Waals surface area (Å²) < 4.78 is 2.02. The summed E-state index contributed by atoms with van der Waals surface area (Å²) in [5, 5.41) is 5.05. The first-order valence-corrected chi connectivity index (χ1v) is 4.43. The van der Waals surface area contributed by atoms with Crippen molar-refractivity contribution in [3.8, 4) is 0 Å². The standard InChI is InChI=1S/C7H13N3OS/c1-3-5(2)4-10-6(11)8-9-7(10)12/h5H,3-4H2,1-2H3,(H,8,11)(H,9,12). The lowest BCUT2D eigenvalue weighted by Crippen LogP contribution is -2.20. The van der Waals surface area contributed by atoms with E-state index in [1.807, 2.05) is 0 Å². The summed E-state index contributed by atoms with van der Waals surface area (Å²) in [7, 11) is 0. The summed E-state index contributed by atoms with van der Waals surface area (Å²) in [5.41, 5.74) is -0.152. The molecule has 0 radical (unpaired) electrons. The van der Waals surface area contributed by atoms with E-state index in [9.17, 15) is 4.79 Å². The lowest BCUT2D eigenvalue weighted by Gasteiger charge is -2.06. The highest BCUT2D eigenvalue weighted by atomic mass is 32.1. The molecule has 0 aliphatic rings. The van der Waals surface area contributed by atoms with E-state index in [4.69, 9.17) is 12.2 Å². The molecule has 68 valence electrons. The molecule has 0 bridgehead atoms. The Morgan fingerprint density at radius 1 is 1.58 bits per heavy atom. The molecule has 0 aliphatic heterocycles. The van der Waals surface area contributed by atoms with Gasteiger partial charge in [0.1, 0.15) is 0 Å².